The Bertz CT molecular complexity index is 307. The zero-order valence-electron chi connectivity index (χ0n) is 10.4. The molecule has 1 heterocycles. The quantitative estimate of drug-likeness (QED) is 0.722. The molecule has 92 valence electrons. The second kappa shape index (κ2) is 5.96. The van der Waals surface area contributed by atoms with Gasteiger partial charge >= 0.3 is 0 Å². The predicted octanol–water partition coefficient (Wildman–Crippen LogP) is 0.796. The molecule has 0 radical (unpaired) electrons. The molecule has 1 rings (SSSR count). The highest BCUT2D eigenvalue weighted by Gasteiger charge is 2.20. The van der Waals surface area contributed by atoms with Gasteiger partial charge < -0.3 is 15.0 Å². The summed E-state index contributed by atoms with van der Waals surface area (Å²) in [6.45, 7) is 8.81. The molecule has 1 aromatic rings. The Kier molecular flexibility index (Phi) is 4.89. The van der Waals surface area contributed by atoms with E-state index in [9.17, 15) is 5.11 Å². The SMILES string of the molecule is CCn1cnnc1CNCC(C)(CC)CO. The minimum atomic E-state index is -0.0446. The molecule has 5 nitrogen and oxygen atoms in total. The lowest BCUT2D eigenvalue weighted by atomic mass is 9.89. The molecule has 0 aliphatic rings. The molecule has 1 aromatic heterocycles. The van der Waals surface area contributed by atoms with E-state index < -0.39 is 0 Å². The summed E-state index contributed by atoms with van der Waals surface area (Å²) in [5.41, 5.74) is -0.0446. The van der Waals surface area contributed by atoms with Gasteiger partial charge in [0.1, 0.15) is 12.2 Å². The van der Waals surface area contributed by atoms with Crippen LogP contribution in [0.5, 0.6) is 0 Å². The maximum Gasteiger partial charge on any atom is 0.146 e. The molecule has 0 aliphatic heterocycles. The third-order valence-electron chi connectivity index (χ3n) is 3.11. The van der Waals surface area contributed by atoms with Crippen LogP contribution in [0.1, 0.15) is 33.0 Å². The van der Waals surface area contributed by atoms with E-state index in [2.05, 4.69) is 36.3 Å². The normalized spacial score (nSPS) is 15.0. The minimum Gasteiger partial charge on any atom is -0.396 e. The first-order valence-electron chi connectivity index (χ1n) is 5.83. The van der Waals surface area contributed by atoms with Crippen LogP contribution in [0.25, 0.3) is 0 Å². The van der Waals surface area contributed by atoms with Crippen LogP contribution in [0, 0.1) is 5.41 Å². The maximum absolute atomic E-state index is 9.27. The first-order valence-corrected chi connectivity index (χ1v) is 5.83. The summed E-state index contributed by atoms with van der Waals surface area (Å²) in [6.07, 6.45) is 2.69. The number of aliphatic hydroxyl groups is 1. The van der Waals surface area contributed by atoms with Crippen molar-refractivity contribution in [1.29, 1.82) is 0 Å². The fourth-order valence-corrected chi connectivity index (χ4v) is 1.45. The van der Waals surface area contributed by atoms with Crippen molar-refractivity contribution in [2.45, 2.75) is 40.3 Å². The lowest BCUT2D eigenvalue weighted by molar-refractivity contribution is 0.135. The Labute approximate surface area is 96.9 Å². The smallest absolute Gasteiger partial charge is 0.146 e. The monoisotopic (exact) mass is 226 g/mol. The van der Waals surface area contributed by atoms with Gasteiger partial charge in [0.05, 0.1) is 6.54 Å². The van der Waals surface area contributed by atoms with Gasteiger partial charge in [0.15, 0.2) is 0 Å². The largest absolute Gasteiger partial charge is 0.396 e. The number of aromatic nitrogens is 3. The van der Waals surface area contributed by atoms with E-state index in [1.807, 2.05) is 4.57 Å². The molecule has 0 saturated heterocycles. The number of aliphatic hydroxyl groups excluding tert-OH is 1. The van der Waals surface area contributed by atoms with Crippen LogP contribution in [0.2, 0.25) is 0 Å². The van der Waals surface area contributed by atoms with Gasteiger partial charge in [-0.3, -0.25) is 0 Å². The second-order valence-electron chi connectivity index (χ2n) is 4.46. The fraction of sp³-hybridized carbons (Fsp3) is 0.818. The molecule has 2 N–H and O–H groups in total. The first kappa shape index (κ1) is 13.1. The molecule has 0 spiro atoms. The van der Waals surface area contributed by atoms with Gasteiger partial charge in [-0.05, 0) is 13.3 Å². The molecule has 1 unspecified atom stereocenters. The standard InChI is InChI=1S/C11H22N4O/c1-4-11(3,8-16)7-12-6-10-14-13-9-15(10)5-2/h9,12,16H,4-8H2,1-3H3. The molecule has 0 bridgehead atoms. The van der Waals surface area contributed by atoms with Gasteiger partial charge in [-0.2, -0.15) is 0 Å². The fourth-order valence-electron chi connectivity index (χ4n) is 1.45. The summed E-state index contributed by atoms with van der Waals surface area (Å²) in [5, 5.41) is 20.5. The van der Waals surface area contributed by atoms with Crippen molar-refractivity contribution in [2.75, 3.05) is 13.2 Å². The summed E-state index contributed by atoms with van der Waals surface area (Å²) >= 11 is 0. The Morgan fingerprint density at radius 3 is 2.81 bits per heavy atom. The zero-order valence-corrected chi connectivity index (χ0v) is 10.4. The summed E-state index contributed by atoms with van der Waals surface area (Å²) in [5.74, 6) is 0.943. The van der Waals surface area contributed by atoms with Crippen molar-refractivity contribution in [1.82, 2.24) is 20.1 Å². The van der Waals surface area contributed by atoms with Gasteiger partial charge in [0.2, 0.25) is 0 Å². The van der Waals surface area contributed by atoms with E-state index in [1.54, 1.807) is 6.33 Å². The van der Waals surface area contributed by atoms with Crippen LogP contribution in [0.15, 0.2) is 6.33 Å². The third-order valence-corrected chi connectivity index (χ3v) is 3.11. The van der Waals surface area contributed by atoms with Crippen LogP contribution < -0.4 is 5.32 Å². The van der Waals surface area contributed by atoms with E-state index >= 15 is 0 Å². The van der Waals surface area contributed by atoms with Crippen molar-refractivity contribution in [3.63, 3.8) is 0 Å². The van der Waals surface area contributed by atoms with Crippen molar-refractivity contribution in [3.05, 3.63) is 12.2 Å². The van der Waals surface area contributed by atoms with Gasteiger partial charge in [-0.1, -0.05) is 13.8 Å². The predicted molar refractivity (Wildman–Crippen MR) is 62.9 cm³/mol. The van der Waals surface area contributed by atoms with Crippen LogP contribution >= 0.6 is 0 Å². The first-order chi connectivity index (χ1) is 7.65. The van der Waals surface area contributed by atoms with Crippen molar-refractivity contribution < 1.29 is 5.11 Å². The molecule has 0 amide bonds. The molecular formula is C11H22N4O. The molecule has 0 saturated carbocycles. The Morgan fingerprint density at radius 1 is 1.50 bits per heavy atom. The number of hydrogen-bond acceptors (Lipinski definition) is 4. The average molecular weight is 226 g/mol. The zero-order chi connectivity index (χ0) is 12.0. The second-order valence-corrected chi connectivity index (χ2v) is 4.46. The highest BCUT2D eigenvalue weighted by atomic mass is 16.3. The number of aryl methyl sites for hydroxylation is 1. The van der Waals surface area contributed by atoms with Gasteiger partial charge in [-0.15, -0.1) is 10.2 Å². The van der Waals surface area contributed by atoms with Gasteiger partial charge in [0, 0.05) is 25.1 Å². The van der Waals surface area contributed by atoms with Crippen LogP contribution in [0.3, 0.4) is 0 Å². The van der Waals surface area contributed by atoms with Crippen molar-refractivity contribution in [2.24, 2.45) is 5.41 Å². The van der Waals surface area contributed by atoms with Crippen LogP contribution in [-0.2, 0) is 13.1 Å². The van der Waals surface area contributed by atoms with Crippen LogP contribution in [-0.4, -0.2) is 33.0 Å². The van der Waals surface area contributed by atoms with Crippen molar-refractivity contribution in [3.8, 4) is 0 Å². The molecule has 1 atom stereocenters. The summed E-state index contributed by atoms with van der Waals surface area (Å²) in [7, 11) is 0. The Hall–Kier alpha value is -0.940. The molecule has 0 fully saturated rings. The lowest BCUT2D eigenvalue weighted by Crippen LogP contribution is -2.34. The summed E-state index contributed by atoms with van der Waals surface area (Å²) < 4.78 is 2.01. The van der Waals surface area contributed by atoms with Crippen LogP contribution in [0.4, 0.5) is 0 Å². The number of hydrogen-bond donors (Lipinski definition) is 2. The van der Waals surface area contributed by atoms with E-state index in [-0.39, 0.29) is 12.0 Å². The number of rotatable bonds is 7. The number of nitrogens with one attached hydrogen (secondary N) is 1. The summed E-state index contributed by atoms with van der Waals surface area (Å²) in [6, 6.07) is 0. The maximum atomic E-state index is 9.27. The Morgan fingerprint density at radius 2 is 2.25 bits per heavy atom. The molecule has 0 aromatic carbocycles. The van der Waals surface area contributed by atoms with E-state index in [0.717, 1.165) is 25.3 Å². The lowest BCUT2D eigenvalue weighted by Gasteiger charge is -2.25. The number of nitrogens with zero attached hydrogens (tertiary/aromatic N) is 3. The average Bonchev–Trinajstić information content (AvgIpc) is 2.76. The summed E-state index contributed by atoms with van der Waals surface area (Å²) in [4.78, 5) is 0. The molecule has 5 heteroatoms. The minimum absolute atomic E-state index is 0.0446. The van der Waals surface area contributed by atoms with Gasteiger partial charge in [-0.25, -0.2) is 0 Å². The van der Waals surface area contributed by atoms with E-state index in [4.69, 9.17) is 0 Å². The highest BCUT2D eigenvalue weighted by Crippen LogP contribution is 2.18. The molecule has 16 heavy (non-hydrogen) atoms. The Balaban J connectivity index is 2.41. The third kappa shape index (κ3) is 3.28. The van der Waals surface area contributed by atoms with Crippen molar-refractivity contribution >= 4 is 0 Å². The molecule has 0 aliphatic carbocycles. The van der Waals surface area contributed by atoms with Gasteiger partial charge in [0.25, 0.3) is 0 Å². The van der Waals surface area contributed by atoms with E-state index in [0.29, 0.717) is 6.54 Å². The molecular weight excluding hydrogens is 204 g/mol. The van der Waals surface area contributed by atoms with E-state index in [1.165, 1.54) is 0 Å². The topological polar surface area (TPSA) is 63.0 Å². The highest BCUT2D eigenvalue weighted by molar-refractivity contribution is 4.85.